The molecule has 130 valence electrons. The largest absolute Gasteiger partial charge is 0.323 e. The molecule has 3 fully saturated rings. The monoisotopic (exact) mass is 364 g/mol. The summed E-state index contributed by atoms with van der Waals surface area (Å²) in [5.41, 5.74) is 4.99. The number of halogens is 1. The number of ether oxygens (including phenoxy) is 3. The van der Waals surface area contributed by atoms with Crippen LogP contribution in [0.25, 0.3) is 0 Å². The number of rotatable bonds is 3. The van der Waals surface area contributed by atoms with Crippen LogP contribution in [-0.2, 0) is 20.2 Å². The van der Waals surface area contributed by atoms with E-state index in [1.807, 2.05) is 18.2 Å². The van der Waals surface area contributed by atoms with Gasteiger partial charge >= 0.3 is 5.97 Å². The van der Waals surface area contributed by atoms with Crippen LogP contribution in [0.4, 0.5) is 0 Å². The molecule has 1 aromatic rings. The van der Waals surface area contributed by atoms with Crippen molar-refractivity contribution in [3.63, 3.8) is 0 Å². The van der Waals surface area contributed by atoms with Gasteiger partial charge in [0.05, 0.1) is 24.8 Å². The minimum absolute atomic E-state index is 0.00337. The Morgan fingerprint density at radius 3 is 2.29 bits per heavy atom. The maximum absolute atomic E-state index is 6.32. The average Bonchev–Trinajstić information content (AvgIpc) is 2.55. The first-order valence-electron chi connectivity index (χ1n) is 8.53. The highest BCUT2D eigenvalue weighted by atomic mass is 35.5. The molecule has 3 aliphatic heterocycles. The molecule has 0 amide bonds. The Kier molecular flexibility index (Phi) is 4.85. The summed E-state index contributed by atoms with van der Waals surface area (Å²) >= 11 is 6.32. The molecule has 0 spiro atoms. The third-order valence-electron chi connectivity index (χ3n) is 4.38. The van der Waals surface area contributed by atoms with E-state index in [9.17, 15) is 0 Å². The van der Waals surface area contributed by atoms with E-state index < -0.39 is 14.0 Å². The van der Waals surface area contributed by atoms with Crippen molar-refractivity contribution in [1.29, 1.82) is 0 Å². The van der Waals surface area contributed by atoms with Gasteiger partial charge < -0.3 is 14.2 Å². The van der Waals surface area contributed by atoms with Crippen molar-refractivity contribution in [2.45, 2.75) is 45.4 Å². The molecule has 0 N–H and O–H groups in total. The van der Waals surface area contributed by atoms with Gasteiger partial charge in [-0.15, -0.1) is 5.54 Å². The third-order valence-corrected chi connectivity index (χ3v) is 5.58. The third kappa shape index (κ3) is 3.56. The second-order valence-corrected chi connectivity index (χ2v) is 13.0. The summed E-state index contributed by atoms with van der Waals surface area (Å²) < 4.78 is 18.1. The van der Waals surface area contributed by atoms with Crippen LogP contribution in [0.15, 0.2) is 18.2 Å². The summed E-state index contributed by atoms with van der Waals surface area (Å²) in [6, 6.07) is 5.69. The Morgan fingerprint density at radius 1 is 1.12 bits per heavy atom. The van der Waals surface area contributed by atoms with Gasteiger partial charge in [-0.05, 0) is 24.6 Å². The van der Waals surface area contributed by atoms with Gasteiger partial charge in [-0.2, -0.15) is 0 Å². The van der Waals surface area contributed by atoms with Crippen molar-refractivity contribution in [2.24, 2.45) is 5.41 Å². The fourth-order valence-electron chi connectivity index (χ4n) is 3.06. The van der Waals surface area contributed by atoms with E-state index in [0.29, 0.717) is 24.8 Å². The molecule has 3 nitrogen and oxygen atoms in total. The number of benzene rings is 1. The Balaban J connectivity index is 1.87. The molecule has 3 heterocycles. The van der Waals surface area contributed by atoms with Crippen molar-refractivity contribution in [3.8, 4) is 11.5 Å². The van der Waals surface area contributed by atoms with E-state index in [2.05, 4.69) is 38.0 Å². The minimum atomic E-state index is -1.47. The van der Waals surface area contributed by atoms with E-state index in [1.165, 1.54) is 0 Å². The van der Waals surface area contributed by atoms with E-state index in [-0.39, 0.29) is 5.41 Å². The summed E-state index contributed by atoms with van der Waals surface area (Å²) in [6.07, 6.45) is 2.15. The van der Waals surface area contributed by atoms with Gasteiger partial charge in [0.1, 0.15) is 8.07 Å². The Bertz CT molecular complexity index is 660. The van der Waals surface area contributed by atoms with Gasteiger partial charge in [0.25, 0.3) is 0 Å². The molecule has 5 heteroatoms. The minimum Gasteiger partial charge on any atom is -0.323 e. The van der Waals surface area contributed by atoms with E-state index in [4.69, 9.17) is 25.8 Å². The fourth-order valence-corrected chi connectivity index (χ4v) is 3.73. The second-order valence-electron chi connectivity index (χ2n) is 7.87. The van der Waals surface area contributed by atoms with Gasteiger partial charge in [-0.3, -0.25) is 0 Å². The van der Waals surface area contributed by atoms with Crippen molar-refractivity contribution in [1.82, 2.24) is 0 Å². The standard InChI is InChI=1S/C19H25ClO3Si/c1-5-9-18-12-21-19(22-13-18,23-14-18)16-6-7-17(20)15(11-16)8-10-24(2,3)4/h6-7,11H,5,9,12-14H2,1-4H3. The first-order chi connectivity index (χ1) is 11.3. The van der Waals surface area contributed by atoms with Gasteiger partial charge in [0.15, 0.2) is 0 Å². The molecule has 2 bridgehead atoms. The molecule has 0 unspecified atom stereocenters. The molecule has 0 atom stereocenters. The Hall–Kier alpha value is -0.833. The van der Waals surface area contributed by atoms with Crippen LogP contribution in [-0.4, -0.2) is 27.9 Å². The lowest BCUT2D eigenvalue weighted by molar-refractivity contribution is -0.480. The molecule has 0 saturated carbocycles. The van der Waals surface area contributed by atoms with Crippen molar-refractivity contribution >= 4 is 19.7 Å². The van der Waals surface area contributed by atoms with Crippen LogP contribution < -0.4 is 0 Å². The fraction of sp³-hybridized carbons (Fsp3) is 0.579. The summed E-state index contributed by atoms with van der Waals surface area (Å²) in [7, 11) is -1.47. The molecular formula is C19H25ClO3Si. The predicted octanol–water partition coefficient (Wildman–Crippen LogP) is 4.54. The zero-order valence-electron chi connectivity index (χ0n) is 14.9. The normalized spacial score (nSPS) is 29.2. The lowest BCUT2D eigenvalue weighted by Gasteiger charge is -2.52. The molecule has 1 aromatic carbocycles. The summed E-state index contributed by atoms with van der Waals surface area (Å²) in [5, 5.41) is 0.646. The molecular weight excluding hydrogens is 340 g/mol. The SMILES string of the molecule is CCCC12COC(c3ccc(Cl)c(C#C[Si](C)(C)C)c3)(OC1)OC2. The van der Waals surface area contributed by atoms with Crippen LogP contribution in [0.1, 0.15) is 30.9 Å². The van der Waals surface area contributed by atoms with Crippen LogP contribution in [0.2, 0.25) is 24.7 Å². The lowest BCUT2D eigenvalue weighted by atomic mass is 9.83. The molecule has 0 aliphatic carbocycles. The van der Waals surface area contributed by atoms with Gasteiger partial charge in [0.2, 0.25) is 0 Å². The van der Waals surface area contributed by atoms with Crippen LogP contribution in [0.5, 0.6) is 0 Å². The smallest absolute Gasteiger partial charge is 0.312 e. The van der Waals surface area contributed by atoms with E-state index in [1.54, 1.807) is 0 Å². The van der Waals surface area contributed by atoms with Gasteiger partial charge in [-0.25, -0.2) is 0 Å². The Morgan fingerprint density at radius 2 is 1.75 bits per heavy atom. The maximum atomic E-state index is 6.32. The average molecular weight is 365 g/mol. The highest BCUT2D eigenvalue weighted by Gasteiger charge is 2.53. The van der Waals surface area contributed by atoms with Gasteiger partial charge in [-0.1, -0.05) is 50.5 Å². The van der Waals surface area contributed by atoms with Crippen LogP contribution in [0, 0.1) is 16.9 Å². The van der Waals surface area contributed by atoms with Crippen molar-refractivity contribution in [2.75, 3.05) is 19.8 Å². The highest BCUT2D eigenvalue weighted by Crippen LogP contribution is 2.46. The second kappa shape index (κ2) is 6.47. The zero-order valence-corrected chi connectivity index (χ0v) is 16.6. The van der Waals surface area contributed by atoms with Crippen molar-refractivity contribution in [3.05, 3.63) is 34.3 Å². The summed E-state index contributed by atoms with van der Waals surface area (Å²) in [6.45, 7) is 10.8. The Labute approximate surface area is 150 Å². The number of hydrogen-bond acceptors (Lipinski definition) is 3. The number of fused-ring (bicyclic) bond motifs is 3. The topological polar surface area (TPSA) is 27.7 Å². The molecule has 4 rings (SSSR count). The first-order valence-corrected chi connectivity index (χ1v) is 12.4. The molecule has 24 heavy (non-hydrogen) atoms. The lowest BCUT2D eigenvalue weighted by Crippen LogP contribution is -2.58. The molecule has 0 radical (unpaired) electrons. The number of hydrogen-bond donors (Lipinski definition) is 0. The summed E-state index contributed by atoms with van der Waals surface area (Å²) in [4.78, 5) is 0. The first kappa shape index (κ1) is 18.0. The van der Waals surface area contributed by atoms with E-state index >= 15 is 0 Å². The highest BCUT2D eigenvalue weighted by molar-refractivity contribution is 6.83. The quantitative estimate of drug-likeness (QED) is 0.582. The van der Waals surface area contributed by atoms with Gasteiger partial charge in [0, 0.05) is 16.5 Å². The van der Waals surface area contributed by atoms with Crippen LogP contribution in [0.3, 0.4) is 0 Å². The molecule has 3 saturated heterocycles. The summed E-state index contributed by atoms with van der Waals surface area (Å²) in [5.74, 6) is 2.13. The maximum Gasteiger partial charge on any atom is 0.312 e. The van der Waals surface area contributed by atoms with E-state index in [0.717, 1.165) is 24.0 Å². The molecule has 0 aromatic heterocycles. The molecule has 3 aliphatic rings. The predicted molar refractivity (Wildman–Crippen MR) is 98.6 cm³/mol. The van der Waals surface area contributed by atoms with Crippen LogP contribution >= 0.6 is 11.6 Å². The zero-order chi connectivity index (χ0) is 17.4. The van der Waals surface area contributed by atoms with Crippen molar-refractivity contribution < 1.29 is 14.2 Å².